The molecule has 0 aromatic heterocycles. The van der Waals surface area contributed by atoms with Gasteiger partial charge in [0.25, 0.3) is 17.5 Å². The fourth-order valence-electron chi connectivity index (χ4n) is 2.97. The molecular formula is C22H15N3O8. The summed E-state index contributed by atoms with van der Waals surface area (Å²) in [5.74, 6) is -4.39. The largest absolute Gasteiger partial charge is 0.478 e. The van der Waals surface area contributed by atoms with E-state index < -0.39 is 34.4 Å². The van der Waals surface area contributed by atoms with E-state index in [0.29, 0.717) is 0 Å². The second-order valence-electron chi connectivity index (χ2n) is 6.60. The number of nitro benzene ring substituents is 1. The second-order valence-corrected chi connectivity index (χ2v) is 6.60. The van der Waals surface area contributed by atoms with Gasteiger partial charge >= 0.3 is 11.9 Å². The SMILES string of the molecule is O=C(O)c1ccccc1C(=O)Nc1ccc([N+](=O)[O-])cc1NC(=O)c1ccccc1C(=O)O. The first-order chi connectivity index (χ1) is 15.7. The highest BCUT2D eigenvalue weighted by atomic mass is 16.6. The monoisotopic (exact) mass is 449 g/mol. The van der Waals surface area contributed by atoms with Crippen LogP contribution in [0, 0.1) is 10.1 Å². The molecule has 0 aliphatic rings. The van der Waals surface area contributed by atoms with Gasteiger partial charge in [0.2, 0.25) is 0 Å². The van der Waals surface area contributed by atoms with E-state index in [1.165, 1.54) is 48.5 Å². The molecule has 0 heterocycles. The molecule has 3 rings (SSSR count). The molecule has 2 amide bonds. The van der Waals surface area contributed by atoms with Gasteiger partial charge in [0.05, 0.1) is 38.6 Å². The molecule has 3 aromatic rings. The van der Waals surface area contributed by atoms with Crippen LogP contribution in [-0.4, -0.2) is 38.9 Å². The zero-order valence-electron chi connectivity index (χ0n) is 16.6. The third kappa shape index (κ3) is 4.99. The van der Waals surface area contributed by atoms with Crippen LogP contribution < -0.4 is 10.6 Å². The summed E-state index contributed by atoms with van der Waals surface area (Å²) in [5, 5.41) is 34.6. The average molecular weight is 449 g/mol. The molecule has 0 spiro atoms. The Labute approximate surface area is 185 Å². The number of nitrogens with zero attached hydrogens (tertiary/aromatic N) is 1. The quantitative estimate of drug-likeness (QED) is 0.313. The van der Waals surface area contributed by atoms with Gasteiger partial charge in [0.15, 0.2) is 0 Å². The molecule has 33 heavy (non-hydrogen) atoms. The summed E-state index contributed by atoms with van der Waals surface area (Å²) in [6.07, 6.45) is 0. The average Bonchev–Trinajstić information content (AvgIpc) is 2.79. The number of rotatable bonds is 7. The number of non-ortho nitro benzene ring substituents is 1. The number of benzene rings is 3. The lowest BCUT2D eigenvalue weighted by molar-refractivity contribution is -0.384. The first-order valence-corrected chi connectivity index (χ1v) is 9.25. The molecule has 0 aliphatic carbocycles. The van der Waals surface area contributed by atoms with Crippen molar-refractivity contribution in [1.29, 1.82) is 0 Å². The van der Waals surface area contributed by atoms with Gasteiger partial charge in [0, 0.05) is 12.1 Å². The van der Waals surface area contributed by atoms with E-state index in [4.69, 9.17) is 0 Å². The maximum absolute atomic E-state index is 12.7. The van der Waals surface area contributed by atoms with Crippen molar-refractivity contribution in [2.24, 2.45) is 0 Å². The van der Waals surface area contributed by atoms with Crippen LogP contribution in [0.1, 0.15) is 41.4 Å². The third-order valence-corrected chi connectivity index (χ3v) is 4.51. The van der Waals surface area contributed by atoms with E-state index in [2.05, 4.69) is 10.6 Å². The first kappa shape index (κ1) is 22.6. The Kier molecular flexibility index (Phi) is 6.44. The number of nitrogens with one attached hydrogen (secondary N) is 2. The van der Waals surface area contributed by atoms with Crippen LogP contribution >= 0.6 is 0 Å². The molecule has 11 heteroatoms. The maximum atomic E-state index is 12.7. The van der Waals surface area contributed by atoms with E-state index in [1.807, 2.05) is 0 Å². The van der Waals surface area contributed by atoms with Crippen LogP contribution in [0.15, 0.2) is 66.7 Å². The Morgan fingerprint density at radius 1 is 0.667 bits per heavy atom. The molecule has 0 saturated carbocycles. The van der Waals surface area contributed by atoms with Gasteiger partial charge in [-0.3, -0.25) is 19.7 Å². The van der Waals surface area contributed by atoms with E-state index in [-0.39, 0.29) is 33.6 Å². The predicted octanol–water partition coefficient (Wildman–Crippen LogP) is 3.50. The van der Waals surface area contributed by atoms with Gasteiger partial charge in [-0.25, -0.2) is 9.59 Å². The summed E-state index contributed by atoms with van der Waals surface area (Å²) < 4.78 is 0. The lowest BCUT2D eigenvalue weighted by atomic mass is 10.1. The molecule has 0 fully saturated rings. The predicted molar refractivity (Wildman–Crippen MR) is 116 cm³/mol. The summed E-state index contributed by atoms with van der Waals surface area (Å²) in [7, 11) is 0. The van der Waals surface area contributed by atoms with Crippen molar-refractivity contribution in [2.45, 2.75) is 0 Å². The van der Waals surface area contributed by atoms with Crippen molar-refractivity contribution in [3.63, 3.8) is 0 Å². The van der Waals surface area contributed by atoms with Crippen molar-refractivity contribution in [2.75, 3.05) is 10.6 Å². The number of carbonyl (C=O) groups excluding carboxylic acids is 2. The Bertz CT molecular complexity index is 1300. The fraction of sp³-hybridized carbons (Fsp3) is 0. The molecular weight excluding hydrogens is 434 g/mol. The number of aromatic carboxylic acids is 2. The van der Waals surface area contributed by atoms with Gasteiger partial charge in [-0.1, -0.05) is 24.3 Å². The van der Waals surface area contributed by atoms with Gasteiger partial charge < -0.3 is 20.8 Å². The normalized spacial score (nSPS) is 10.2. The van der Waals surface area contributed by atoms with E-state index in [1.54, 1.807) is 0 Å². The minimum Gasteiger partial charge on any atom is -0.478 e. The molecule has 0 atom stereocenters. The number of hydrogen-bond acceptors (Lipinski definition) is 6. The molecule has 0 radical (unpaired) electrons. The number of hydrogen-bond donors (Lipinski definition) is 4. The number of anilines is 2. The van der Waals surface area contributed by atoms with Crippen LogP contribution in [0.4, 0.5) is 17.1 Å². The Balaban J connectivity index is 1.99. The highest BCUT2D eigenvalue weighted by Gasteiger charge is 2.21. The summed E-state index contributed by atoms with van der Waals surface area (Å²) in [6, 6.07) is 14.0. The van der Waals surface area contributed by atoms with Gasteiger partial charge in [-0.15, -0.1) is 0 Å². The smallest absolute Gasteiger partial charge is 0.336 e. The van der Waals surface area contributed by atoms with Crippen molar-refractivity contribution in [3.8, 4) is 0 Å². The second kappa shape index (κ2) is 9.39. The van der Waals surface area contributed by atoms with Crippen LogP contribution in [0.25, 0.3) is 0 Å². The Morgan fingerprint density at radius 2 is 1.09 bits per heavy atom. The standard InChI is InChI=1S/C22H15N3O8/c26-19(13-5-1-3-7-15(13)21(28)29)23-17-10-9-12(25(32)33)11-18(17)24-20(27)14-6-2-4-8-16(14)22(30)31/h1-11H,(H,23,26)(H,24,27)(H,28,29)(H,30,31). The first-order valence-electron chi connectivity index (χ1n) is 9.25. The number of amides is 2. The van der Waals surface area contributed by atoms with Crippen molar-refractivity contribution in [1.82, 2.24) is 0 Å². The fourth-order valence-corrected chi connectivity index (χ4v) is 2.97. The van der Waals surface area contributed by atoms with Crippen LogP contribution in [0.5, 0.6) is 0 Å². The minimum absolute atomic E-state index is 0.0630. The van der Waals surface area contributed by atoms with Gasteiger partial charge in [-0.2, -0.15) is 0 Å². The lowest BCUT2D eigenvalue weighted by Gasteiger charge is -2.14. The van der Waals surface area contributed by atoms with E-state index in [0.717, 1.165) is 18.2 Å². The number of carbonyl (C=O) groups is 4. The zero-order valence-corrected chi connectivity index (χ0v) is 16.6. The van der Waals surface area contributed by atoms with Crippen LogP contribution in [-0.2, 0) is 0 Å². The Morgan fingerprint density at radius 3 is 1.52 bits per heavy atom. The van der Waals surface area contributed by atoms with Crippen LogP contribution in [0.3, 0.4) is 0 Å². The number of carboxylic acids is 2. The highest BCUT2D eigenvalue weighted by Crippen LogP contribution is 2.29. The molecule has 3 aromatic carbocycles. The zero-order chi connectivity index (χ0) is 24.1. The summed E-state index contributed by atoms with van der Waals surface area (Å²) in [4.78, 5) is 58.7. The van der Waals surface area contributed by atoms with Crippen molar-refractivity contribution < 1.29 is 34.3 Å². The third-order valence-electron chi connectivity index (χ3n) is 4.51. The minimum atomic E-state index is -1.35. The number of carboxylic acid groups (broad SMARTS) is 2. The molecule has 0 saturated heterocycles. The highest BCUT2D eigenvalue weighted by molar-refractivity contribution is 6.15. The molecule has 0 aliphatic heterocycles. The molecule has 0 unspecified atom stereocenters. The van der Waals surface area contributed by atoms with Crippen LogP contribution in [0.2, 0.25) is 0 Å². The van der Waals surface area contributed by atoms with Gasteiger partial charge in [-0.05, 0) is 30.3 Å². The maximum Gasteiger partial charge on any atom is 0.336 e. The topological polar surface area (TPSA) is 176 Å². The molecule has 0 bridgehead atoms. The molecule has 166 valence electrons. The number of nitro groups is 1. The van der Waals surface area contributed by atoms with Crippen molar-refractivity contribution >= 4 is 40.8 Å². The summed E-state index contributed by atoms with van der Waals surface area (Å²) in [6.45, 7) is 0. The van der Waals surface area contributed by atoms with E-state index in [9.17, 15) is 39.5 Å². The summed E-state index contributed by atoms with van der Waals surface area (Å²) >= 11 is 0. The Hall–Kier alpha value is -5.06. The molecule has 4 N–H and O–H groups in total. The van der Waals surface area contributed by atoms with Crippen molar-refractivity contribution in [3.05, 3.63) is 99.1 Å². The lowest BCUT2D eigenvalue weighted by Crippen LogP contribution is -2.20. The summed E-state index contributed by atoms with van der Waals surface area (Å²) in [5.41, 5.74) is -1.58. The van der Waals surface area contributed by atoms with Gasteiger partial charge in [0.1, 0.15) is 0 Å². The molecule has 11 nitrogen and oxygen atoms in total. The van der Waals surface area contributed by atoms with E-state index >= 15 is 0 Å².